The molecular formula is C33H48N5O3PS. The largest absolute Gasteiger partial charge is 0.399 e. The molecule has 2 aromatic carbocycles. The quantitative estimate of drug-likeness (QED) is 0.0923. The molecule has 234 valence electrons. The molecule has 0 aromatic heterocycles. The van der Waals surface area contributed by atoms with E-state index in [1.165, 1.54) is 0 Å². The van der Waals surface area contributed by atoms with Crippen molar-refractivity contribution in [1.82, 2.24) is 20.3 Å². The number of allylic oxidation sites excluding steroid dienone is 4. The highest BCUT2D eigenvalue weighted by atomic mass is 32.2. The van der Waals surface area contributed by atoms with E-state index in [2.05, 4.69) is 43.3 Å². The van der Waals surface area contributed by atoms with Crippen LogP contribution in [0.25, 0.3) is 0 Å². The van der Waals surface area contributed by atoms with Gasteiger partial charge in [-0.25, -0.2) is 4.31 Å². The van der Waals surface area contributed by atoms with Crippen LogP contribution in [0.3, 0.4) is 0 Å². The van der Waals surface area contributed by atoms with Crippen LogP contribution in [-0.4, -0.2) is 59.6 Å². The maximum Gasteiger partial charge on any atom is 0.239 e. The van der Waals surface area contributed by atoms with Gasteiger partial charge in [-0.15, -0.1) is 9.24 Å². The monoisotopic (exact) mass is 625 g/mol. The van der Waals surface area contributed by atoms with Crippen molar-refractivity contribution in [3.63, 3.8) is 0 Å². The van der Waals surface area contributed by atoms with Crippen molar-refractivity contribution >= 4 is 38.3 Å². The molecule has 2 rings (SSSR count). The molecule has 8 nitrogen and oxygen atoms in total. The molecule has 0 aliphatic heterocycles. The van der Waals surface area contributed by atoms with Crippen LogP contribution in [-0.2, 0) is 22.6 Å². The fourth-order valence-electron chi connectivity index (χ4n) is 4.14. The highest BCUT2D eigenvalue weighted by Crippen LogP contribution is 2.17. The lowest BCUT2D eigenvalue weighted by atomic mass is 10.0. The molecule has 3 atom stereocenters. The van der Waals surface area contributed by atoms with Gasteiger partial charge in [-0.1, -0.05) is 98.6 Å². The number of aliphatic hydroxyl groups is 1. The Morgan fingerprint density at radius 3 is 2.47 bits per heavy atom. The van der Waals surface area contributed by atoms with E-state index in [4.69, 9.17) is 5.73 Å². The lowest BCUT2D eigenvalue weighted by molar-refractivity contribution is -0.126. The molecule has 0 bridgehead atoms. The van der Waals surface area contributed by atoms with Crippen LogP contribution in [0.1, 0.15) is 38.3 Å². The first-order valence-corrected chi connectivity index (χ1v) is 16.1. The molecule has 0 radical (unpaired) electrons. The second-order valence-electron chi connectivity index (χ2n) is 10.7. The Morgan fingerprint density at radius 2 is 1.77 bits per heavy atom. The average Bonchev–Trinajstić information content (AvgIpc) is 2.97. The van der Waals surface area contributed by atoms with Gasteiger partial charge in [0.25, 0.3) is 0 Å². The average molecular weight is 626 g/mol. The molecule has 0 aliphatic carbocycles. The predicted octanol–water partition coefficient (Wildman–Crippen LogP) is 3.41. The van der Waals surface area contributed by atoms with Gasteiger partial charge in [0.05, 0.1) is 25.2 Å². The number of nitrogens with zero attached hydrogens (tertiary/aromatic N) is 1. The van der Waals surface area contributed by atoms with E-state index < -0.39 is 12.1 Å². The molecule has 10 heteroatoms. The maximum absolute atomic E-state index is 12.9. The summed E-state index contributed by atoms with van der Waals surface area (Å²) in [6.45, 7) is 7.77. The lowest BCUT2D eigenvalue weighted by Crippen LogP contribution is -2.51. The summed E-state index contributed by atoms with van der Waals surface area (Å²) in [5.41, 5.74) is 8.60. The summed E-state index contributed by atoms with van der Waals surface area (Å²) in [5, 5.41) is 23.1. The minimum Gasteiger partial charge on any atom is -0.399 e. The number of nitrogens with two attached hydrogens (primary N) is 1. The number of amides is 2. The van der Waals surface area contributed by atoms with Crippen molar-refractivity contribution in [2.45, 2.75) is 52.3 Å². The van der Waals surface area contributed by atoms with E-state index in [0.717, 1.165) is 35.1 Å². The van der Waals surface area contributed by atoms with Crippen LogP contribution in [0.15, 0.2) is 90.0 Å². The van der Waals surface area contributed by atoms with E-state index >= 15 is 0 Å². The van der Waals surface area contributed by atoms with Crippen LogP contribution in [0.5, 0.6) is 0 Å². The second-order valence-corrected chi connectivity index (χ2v) is 12.4. The van der Waals surface area contributed by atoms with Crippen molar-refractivity contribution < 1.29 is 14.7 Å². The highest BCUT2D eigenvalue weighted by molar-refractivity contribution is 7.99. The summed E-state index contributed by atoms with van der Waals surface area (Å²) >= 11 is 1.54. The Labute approximate surface area is 264 Å². The molecule has 3 unspecified atom stereocenters. The molecule has 0 heterocycles. The van der Waals surface area contributed by atoms with Gasteiger partial charge in [-0.3, -0.25) is 9.59 Å². The van der Waals surface area contributed by atoms with E-state index in [1.54, 1.807) is 11.9 Å². The number of nitrogens with one attached hydrogen (secondary N) is 3. The molecule has 43 heavy (non-hydrogen) atoms. The Morgan fingerprint density at radius 1 is 1.02 bits per heavy atom. The summed E-state index contributed by atoms with van der Waals surface area (Å²) < 4.78 is 2.11. The first kappa shape index (κ1) is 36.3. The number of rotatable bonds is 19. The molecule has 0 spiro atoms. The molecular weight excluding hydrogens is 577 g/mol. The van der Waals surface area contributed by atoms with Gasteiger partial charge in [0, 0.05) is 25.3 Å². The van der Waals surface area contributed by atoms with Crippen molar-refractivity contribution in [1.29, 1.82) is 0 Å². The van der Waals surface area contributed by atoms with Gasteiger partial charge < -0.3 is 26.8 Å². The summed E-state index contributed by atoms with van der Waals surface area (Å²) in [5.74, 6) is -0.232. The van der Waals surface area contributed by atoms with Gasteiger partial charge in [0.2, 0.25) is 11.8 Å². The smallest absolute Gasteiger partial charge is 0.239 e. The van der Waals surface area contributed by atoms with Gasteiger partial charge in [-0.05, 0) is 53.6 Å². The molecule has 6 N–H and O–H groups in total. The Kier molecular flexibility index (Phi) is 17.6. The number of carbonyl (C=O) groups excluding carboxylic acids is 2. The van der Waals surface area contributed by atoms with Gasteiger partial charge in [0.1, 0.15) is 0 Å². The predicted molar refractivity (Wildman–Crippen MR) is 183 cm³/mol. The minimum atomic E-state index is -0.831. The van der Waals surface area contributed by atoms with Crippen LogP contribution in [0, 0.1) is 5.92 Å². The maximum atomic E-state index is 12.9. The fourth-order valence-corrected chi connectivity index (χ4v) is 5.46. The number of aliphatic hydroxyl groups excluding tert-OH is 1. The number of hydrogen-bond acceptors (Lipinski definition) is 7. The van der Waals surface area contributed by atoms with Crippen molar-refractivity contribution in [3.05, 3.63) is 101 Å². The van der Waals surface area contributed by atoms with E-state index in [0.29, 0.717) is 25.4 Å². The zero-order valence-corrected chi connectivity index (χ0v) is 27.5. The Bertz CT molecular complexity index is 1210. The van der Waals surface area contributed by atoms with Crippen molar-refractivity contribution in [2.24, 2.45) is 11.7 Å². The van der Waals surface area contributed by atoms with E-state index in [-0.39, 0.29) is 24.9 Å². The summed E-state index contributed by atoms with van der Waals surface area (Å²) in [4.78, 5) is 25.2. The topological polar surface area (TPSA) is 120 Å². The minimum absolute atomic E-state index is 0.0951. The van der Waals surface area contributed by atoms with Crippen LogP contribution in [0.2, 0.25) is 0 Å². The number of carbonyl (C=O) groups is 2. The molecule has 0 saturated heterocycles. The molecule has 2 amide bonds. The second kappa shape index (κ2) is 20.9. The fraction of sp³-hybridized carbons (Fsp3) is 0.394. The summed E-state index contributed by atoms with van der Waals surface area (Å²) in [6.07, 6.45) is 8.16. The molecule has 0 fully saturated rings. The summed E-state index contributed by atoms with van der Waals surface area (Å²) in [6, 6.07) is 17.2. The zero-order chi connectivity index (χ0) is 31.5. The third-order valence-corrected chi connectivity index (χ3v) is 7.57. The van der Waals surface area contributed by atoms with Gasteiger partial charge in [-0.2, -0.15) is 0 Å². The standard InChI is InChI=1S/C33H48N5O3PS/c1-4-28(34)15-9-6-10-17-43-38(23-25(2)3)24-31(39)30(19-26-12-7-5-8-13-26)37-33(41)22-36-32(40)21-35-20-27-14-11-16-29(42)18-27/h4-5,7-18,25,30-31,35,39H,6,19-24,34,42H2,1-3H3,(H,36,40)(H,37,41)/b15-9?,17-10+,28-4+. The normalized spacial score (nSPS) is 13.6. The number of benzene rings is 2. The zero-order valence-electron chi connectivity index (χ0n) is 25.5. The molecule has 0 aliphatic rings. The van der Waals surface area contributed by atoms with E-state index in [9.17, 15) is 14.7 Å². The first-order chi connectivity index (χ1) is 20.7. The highest BCUT2D eigenvalue weighted by Gasteiger charge is 2.25. The Balaban J connectivity index is 1.94. The lowest BCUT2D eigenvalue weighted by Gasteiger charge is -2.30. The van der Waals surface area contributed by atoms with Crippen LogP contribution in [0.4, 0.5) is 0 Å². The van der Waals surface area contributed by atoms with Crippen molar-refractivity contribution in [2.75, 3.05) is 26.2 Å². The van der Waals surface area contributed by atoms with E-state index in [1.807, 2.05) is 91.2 Å². The summed E-state index contributed by atoms with van der Waals surface area (Å²) in [7, 11) is 2.65. The SMILES string of the molecule is C/C=C(/N)C=CC/C=C/SN(CC(C)C)CC(O)C(Cc1ccccc1)NC(=O)CNC(=O)CNCc1cccc(P)c1. The molecule has 0 saturated carbocycles. The van der Waals surface area contributed by atoms with Crippen LogP contribution >= 0.6 is 21.2 Å². The first-order valence-electron chi connectivity index (χ1n) is 14.6. The van der Waals surface area contributed by atoms with Gasteiger partial charge in [0.15, 0.2) is 0 Å². The van der Waals surface area contributed by atoms with Crippen molar-refractivity contribution in [3.8, 4) is 0 Å². The van der Waals surface area contributed by atoms with Crippen LogP contribution < -0.4 is 27.0 Å². The third kappa shape index (κ3) is 16.5. The van der Waals surface area contributed by atoms with Gasteiger partial charge >= 0.3 is 0 Å². The Hall–Kier alpha value is -2.94. The third-order valence-electron chi connectivity index (χ3n) is 6.30. The number of hydrogen-bond donors (Lipinski definition) is 5. The molecule has 2 aromatic rings.